The Labute approximate surface area is 112 Å². The third-order valence-corrected chi connectivity index (χ3v) is 3.73. The minimum absolute atomic E-state index is 0.220. The number of rotatable bonds is 4. The molecule has 0 unspecified atom stereocenters. The number of oxime groups is 1. The lowest BCUT2D eigenvalue weighted by atomic mass is 10.2. The van der Waals surface area contributed by atoms with E-state index in [-0.39, 0.29) is 5.56 Å². The first kappa shape index (κ1) is 13.3. The van der Waals surface area contributed by atoms with Gasteiger partial charge in [0.15, 0.2) is 0 Å². The van der Waals surface area contributed by atoms with E-state index in [0.717, 1.165) is 9.71 Å². The maximum absolute atomic E-state index is 12.1. The molecule has 0 atom stereocenters. The molecule has 2 aromatic rings. The fourth-order valence-electron chi connectivity index (χ4n) is 1.75. The summed E-state index contributed by atoms with van der Waals surface area (Å²) in [6, 6.07) is 1.63. The van der Waals surface area contributed by atoms with Crippen LogP contribution in [0.5, 0.6) is 0 Å². The summed E-state index contributed by atoms with van der Waals surface area (Å²) >= 11 is 1.36. The van der Waals surface area contributed by atoms with Gasteiger partial charge >= 0.3 is 5.97 Å². The summed E-state index contributed by atoms with van der Waals surface area (Å²) in [7, 11) is 1.43. The molecule has 0 aliphatic heterocycles. The Kier molecular flexibility index (Phi) is 3.66. The van der Waals surface area contributed by atoms with E-state index in [4.69, 9.17) is 5.11 Å². The molecule has 0 amide bonds. The lowest BCUT2D eigenvalue weighted by Gasteiger charge is -2.05. The number of thiophene rings is 1. The quantitative estimate of drug-likeness (QED) is 0.683. The maximum atomic E-state index is 12.1. The van der Waals surface area contributed by atoms with Crippen LogP contribution in [0.4, 0.5) is 0 Å². The predicted octanol–water partition coefficient (Wildman–Crippen LogP) is 1.76. The molecule has 0 bridgehead atoms. The van der Waals surface area contributed by atoms with Crippen molar-refractivity contribution in [3.63, 3.8) is 0 Å². The Balaban J connectivity index is 2.75. The molecular formula is C12H12N2O4S. The van der Waals surface area contributed by atoms with Crippen molar-refractivity contribution in [2.24, 2.45) is 5.16 Å². The zero-order valence-corrected chi connectivity index (χ0v) is 11.2. The number of nitrogens with zero attached hydrogens (tertiary/aromatic N) is 2. The average molecular weight is 280 g/mol. The van der Waals surface area contributed by atoms with Crippen molar-refractivity contribution >= 4 is 33.7 Å². The second-order valence-corrected chi connectivity index (χ2v) is 4.81. The molecule has 7 heteroatoms. The van der Waals surface area contributed by atoms with Gasteiger partial charge in [0, 0.05) is 12.7 Å². The minimum atomic E-state index is -1.22. The number of pyridine rings is 1. The van der Waals surface area contributed by atoms with Crippen molar-refractivity contribution in [3.8, 4) is 0 Å². The second kappa shape index (κ2) is 5.23. The molecular weight excluding hydrogens is 268 g/mol. The van der Waals surface area contributed by atoms with Gasteiger partial charge in [-0.3, -0.25) is 4.79 Å². The second-order valence-electron chi connectivity index (χ2n) is 3.75. The van der Waals surface area contributed by atoms with E-state index in [9.17, 15) is 9.59 Å². The zero-order valence-electron chi connectivity index (χ0n) is 10.4. The first-order valence-corrected chi connectivity index (χ1v) is 6.37. The molecule has 0 aromatic carbocycles. The van der Waals surface area contributed by atoms with Crippen LogP contribution >= 0.6 is 11.3 Å². The van der Waals surface area contributed by atoms with E-state index in [1.54, 1.807) is 10.6 Å². The normalized spacial score (nSPS) is 11.3. The first-order chi connectivity index (χ1) is 9.08. The molecule has 0 aliphatic carbocycles. The monoisotopic (exact) mass is 280 g/mol. The van der Waals surface area contributed by atoms with Crippen LogP contribution in [0, 0.1) is 0 Å². The van der Waals surface area contributed by atoms with E-state index >= 15 is 0 Å². The van der Waals surface area contributed by atoms with E-state index in [1.807, 2.05) is 6.92 Å². The summed E-state index contributed by atoms with van der Waals surface area (Å²) in [4.78, 5) is 29.2. The summed E-state index contributed by atoms with van der Waals surface area (Å²) in [5, 5.41) is 13.1. The van der Waals surface area contributed by atoms with Crippen molar-refractivity contribution < 1.29 is 14.7 Å². The van der Waals surface area contributed by atoms with Crippen LogP contribution < -0.4 is 5.43 Å². The molecule has 0 aliphatic rings. The molecule has 0 saturated heterocycles. The number of fused-ring (bicyclic) bond motifs is 1. The summed E-state index contributed by atoms with van der Waals surface area (Å²) in [6.07, 6.45) is 2.87. The van der Waals surface area contributed by atoms with Gasteiger partial charge in [-0.1, -0.05) is 5.16 Å². The lowest BCUT2D eigenvalue weighted by Crippen LogP contribution is -2.17. The molecule has 1 N–H and O–H groups in total. The molecule has 2 aromatic heterocycles. The van der Waals surface area contributed by atoms with E-state index in [0.29, 0.717) is 11.9 Å². The number of aromatic carboxylic acids is 1. The third-order valence-electron chi connectivity index (χ3n) is 2.62. The lowest BCUT2D eigenvalue weighted by molar-refractivity contribution is 0.0695. The van der Waals surface area contributed by atoms with Crippen molar-refractivity contribution in [1.29, 1.82) is 0 Å². The highest BCUT2D eigenvalue weighted by Gasteiger charge is 2.16. The Morgan fingerprint density at radius 1 is 1.63 bits per heavy atom. The van der Waals surface area contributed by atoms with Gasteiger partial charge in [-0.05, 0) is 13.0 Å². The van der Waals surface area contributed by atoms with Crippen molar-refractivity contribution in [2.45, 2.75) is 13.5 Å². The summed E-state index contributed by atoms with van der Waals surface area (Å²) < 4.78 is 1.75. The number of hydrogen-bond acceptors (Lipinski definition) is 5. The summed E-state index contributed by atoms with van der Waals surface area (Å²) in [5.74, 6) is -1.22. The van der Waals surface area contributed by atoms with Crippen LogP contribution in [-0.4, -0.2) is 29.0 Å². The van der Waals surface area contributed by atoms with Crippen LogP contribution in [0.25, 0.3) is 10.2 Å². The van der Waals surface area contributed by atoms with Crippen LogP contribution in [-0.2, 0) is 11.4 Å². The predicted molar refractivity (Wildman–Crippen MR) is 73.3 cm³/mol. The van der Waals surface area contributed by atoms with E-state index < -0.39 is 11.4 Å². The highest BCUT2D eigenvalue weighted by molar-refractivity contribution is 7.20. The fourth-order valence-corrected chi connectivity index (χ4v) is 2.81. The molecule has 19 heavy (non-hydrogen) atoms. The van der Waals surface area contributed by atoms with Gasteiger partial charge in [-0.2, -0.15) is 0 Å². The molecule has 100 valence electrons. The zero-order chi connectivity index (χ0) is 14.0. The van der Waals surface area contributed by atoms with Gasteiger partial charge in [0.1, 0.15) is 17.5 Å². The van der Waals surface area contributed by atoms with Crippen LogP contribution in [0.1, 0.15) is 22.2 Å². The molecule has 0 spiro atoms. The molecule has 0 fully saturated rings. The van der Waals surface area contributed by atoms with Crippen LogP contribution in [0.15, 0.2) is 22.2 Å². The molecule has 2 rings (SSSR count). The topological polar surface area (TPSA) is 80.9 Å². The fraction of sp³-hybridized carbons (Fsp3) is 0.250. The van der Waals surface area contributed by atoms with Gasteiger partial charge in [0.2, 0.25) is 5.43 Å². The molecule has 0 radical (unpaired) electrons. The number of carbonyl (C=O) groups is 1. The SMILES string of the molecule is CCn1cc(C(=O)O)c(=O)c2cc(/C=N/OC)sc21. The number of carboxylic acid groups (broad SMARTS) is 1. The maximum Gasteiger partial charge on any atom is 0.341 e. The van der Waals surface area contributed by atoms with Crippen molar-refractivity contribution in [2.75, 3.05) is 7.11 Å². The first-order valence-electron chi connectivity index (χ1n) is 5.55. The summed E-state index contributed by atoms with van der Waals surface area (Å²) in [6.45, 7) is 2.47. The standard InChI is InChI=1S/C12H12N2O4S/c1-3-14-6-9(12(16)17)10(15)8-4-7(5-13-18-2)19-11(8)14/h4-6H,3H2,1-2H3,(H,16,17)/b13-5+. The van der Waals surface area contributed by atoms with Gasteiger partial charge in [0.05, 0.1) is 16.5 Å². The van der Waals surface area contributed by atoms with Gasteiger partial charge in [0.25, 0.3) is 0 Å². The Hall–Kier alpha value is -2.15. The number of aromatic nitrogens is 1. The van der Waals surface area contributed by atoms with Gasteiger partial charge < -0.3 is 14.5 Å². The Bertz CT molecular complexity index is 714. The molecule has 2 heterocycles. The summed E-state index contributed by atoms with van der Waals surface area (Å²) in [5.41, 5.74) is -0.692. The number of hydrogen-bond donors (Lipinski definition) is 1. The van der Waals surface area contributed by atoms with Gasteiger partial charge in [-0.15, -0.1) is 11.3 Å². The van der Waals surface area contributed by atoms with Crippen LogP contribution in [0.2, 0.25) is 0 Å². The minimum Gasteiger partial charge on any atom is -0.477 e. The van der Waals surface area contributed by atoms with E-state index in [2.05, 4.69) is 9.99 Å². The third kappa shape index (κ3) is 2.37. The van der Waals surface area contributed by atoms with Gasteiger partial charge in [-0.25, -0.2) is 4.79 Å². The highest BCUT2D eigenvalue weighted by Crippen LogP contribution is 2.23. The average Bonchev–Trinajstić information content (AvgIpc) is 2.81. The highest BCUT2D eigenvalue weighted by atomic mass is 32.1. The largest absolute Gasteiger partial charge is 0.477 e. The molecule has 0 saturated carbocycles. The van der Waals surface area contributed by atoms with E-state index in [1.165, 1.54) is 30.9 Å². The Morgan fingerprint density at radius 3 is 2.95 bits per heavy atom. The van der Waals surface area contributed by atoms with Crippen molar-refractivity contribution in [3.05, 3.63) is 32.9 Å². The van der Waals surface area contributed by atoms with Crippen molar-refractivity contribution in [1.82, 2.24) is 4.57 Å². The smallest absolute Gasteiger partial charge is 0.341 e. The van der Waals surface area contributed by atoms with Crippen LogP contribution in [0.3, 0.4) is 0 Å². The Morgan fingerprint density at radius 2 is 2.37 bits per heavy atom. The number of aryl methyl sites for hydroxylation is 1. The molecule has 6 nitrogen and oxygen atoms in total. The number of carboxylic acids is 1.